The molecule has 1 aliphatic heterocycles. The molecule has 1 amide bonds. The predicted molar refractivity (Wildman–Crippen MR) is 125 cm³/mol. The molecule has 0 spiro atoms. The van der Waals surface area contributed by atoms with Gasteiger partial charge in [-0.2, -0.15) is 5.10 Å². The highest BCUT2D eigenvalue weighted by Crippen LogP contribution is 2.36. The summed E-state index contributed by atoms with van der Waals surface area (Å²) in [5, 5.41) is 7.37. The molecule has 1 saturated heterocycles. The number of amides is 1. The molecule has 0 radical (unpaired) electrons. The molecule has 1 saturated carbocycles. The van der Waals surface area contributed by atoms with E-state index in [9.17, 15) is 4.79 Å². The van der Waals surface area contributed by atoms with Crippen LogP contribution in [0.3, 0.4) is 0 Å². The molecule has 6 nitrogen and oxygen atoms in total. The van der Waals surface area contributed by atoms with E-state index in [0.29, 0.717) is 19.1 Å². The molecule has 2 aliphatic rings. The topological polar surface area (TPSA) is 67.5 Å². The predicted octanol–water partition coefficient (Wildman–Crippen LogP) is 5.64. The number of carbonyl (C=O) groups is 1. The van der Waals surface area contributed by atoms with Gasteiger partial charge in [-0.25, -0.2) is 4.79 Å². The number of likely N-dealkylation sites (tertiary alicyclic amines) is 1. The van der Waals surface area contributed by atoms with Crippen molar-refractivity contribution in [1.29, 1.82) is 0 Å². The Kier molecular flexibility index (Phi) is 7.85. The van der Waals surface area contributed by atoms with Crippen LogP contribution in [-0.2, 0) is 9.47 Å². The van der Waals surface area contributed by atoms with Crippen LogP contribution in [0.4, 0.5) is 4.79 Å². The zero-order valence-electron chi connectivity index (χ0n) is 19.4. The number of hydrogen-bond acceptors (Lipinski definition) is 4. The Labute approximate surface area is 191 Å². The number of nitrogens with one attached hydrogen (secondary N) is 1. The molecule has 4 rings (SSSR count). The molecular weight excluding hydrogens is 402 g/mol. The SMILES string of the molecule is CC[C@H](C)OC(=O)N1CCC[C@H](c2cc[nH]n2)[C@@H]1CO[C@H]1CC[C@@H](c2ccccc2)CC1. The van der Waals surface area contributed by atoms with Crippen molar-refractivity contribution in [2.24, 2.45) is 0 Å². The first-order valence-corrected chi connectivity index (χ1v) is 12.3. The molecule has 1 aromatic heterocycles. The maximum absolute atomic E-state index is 13.0. The van der Waals surface area contributed by atoms with E-state index in [1.807, 2.05) is 31.0 Å². The maximum Gasteiger partial charge on any atom is 0.410 e. The third kappa shape index (κ3) is 5.52. The molecule has 32 heavy (non-hydrogen) atoms. The summed E-state index contributed by atoms with van der Waals surface area (Å²) in [7, 11) is 0. The number of nitrogens with zero attached hydrogens (tertiary/aromatic N) is 2. The summed E-state index contributed by atoms with van der Waals surface area (Å²) in [6, 6.07) is 12.8. The normalized spacial score (nSPS) is 27.1. The number of H-pyrrole nitrogens is 1. The van der Waals surface area contributed by atoms with Crippen LogP contribution >= 0.6 is 0 Å². The van der Waals surface area contributed by atoms with Crippen LogP contribution in [0.15, 0.2) is 42.6 Å². The van der Waals surface area contributed by atoms with Crippen molar-refractivity contribution in [3.05, 3.63) is 53.9 Å². The van der Waals surface area contributed by atoms with Gasteiger partial charge < -0.3 is 14.4 Å². The van der Waals surface area contributed by atoms with Gasteiger partial charge in [-0.1, -0.05) is 37.3 Å². The van der Waals surface area contributed by atoms with Crippen LogP contribution in [0, 0.1) is 0 Å². The fraction of sp³-hybridized carbons (Fsp3) is 0.615. The molecule has 0 unspecified atom stereocenters. The van der Waals surface area contributed by atoms with Crippen LogP contribution in [0.2, 0.25) is 0 Å². The van der Waals surface area contributed by atoms with Gasteiger partial charge >= 0.3 is 6.09 Å². The van der Waals surface area contributed by atoms with Crippen molar-refractivity contribution in [3.8, 4) is 0 Å². The van der Waals surface area contributed by atoms with Gasteiger partial charge in [-0.15, -0.1) is 0 Å². The first-order valence-electron chi connectivity index (χ1n) is 12.3. The van der Waals surface area contributed by atoms with Gasteiger partial charge in [0.15, 0.2) is 0 Å². The summed E-state index contributed by atoms with van der Waals surface area (Å²) in [6.07, 6.45) is 9.02. The first-order chi connectivity index (χ1) is 15.7. The van der Waals surface area contributed by atoms with Crippen molar-refractivity contribution < 1.29 is 14.3 Å². The Morgan fingerprint density at radius 2 is 1.94 bits per heavy atom. The van der Waals surface area contributed by atoms with Crippen LogP contribution in [0.5, 0.6) is 0 Å². The van der Waals surface area contributed by atoms with Crippen molar-refractivity contribution in [2.45, 2.75) is 88.9 Å². The molecule has 0 bridgehead atoms. The van der Waals surface area contributed by atoms with Crippen LogP contribution in [0.25, 0.3) is 0 Å². The first kappa shape index (κ1) is 22.8. The zero-order chi connectivity index (χ0) is 22.3. The number of aromatic amines is 1. The quantitative estimate of drug-likeness (QED) is 0.607. The Bertz CT molecular complexity index is 818. The van der Waals surface area contributed by atoms with E-state index < -0.39 is 0 Å². The molecule has 1 aromatic carbocycles. The van der Waals surface area contributed by atoms with E-state index in [1.54, 1.807) is 0 Å². The summed E-state index contributed by atoms with van der Waals surface area (Å²) in [5.41, 5.74) is 2.45. The second-order valence-electron chi connectivity index (χ2n) is 9.33. The molecule has 6 heteroatoms. The number of rotatable bonds is 7. The highest BCUT2D eigenvalue weighted by atomic mass is 16.6. The number of piperidine rings is 1. The average Bonchev–Trinajstić information content (AvgIpc) is 3.38. The third-order valence-corrected chi connectivity index (χ3v) is 7.24. The molecule has 3 atom stereocenters. The van der Waals surface area contributed by atoms with E-state index in [1.165, 1.54) is 5.56 Å². The zero-order valence-corrected chi connectivity index (χ0v) is 19.4. The number of ether oxygens (including phenoxy) is 2. The van der Waals surface area contributed by atoms with E-state index in [2.05, 4.69) is 40.5 Å². The minimum absolute atomic E-state index is 0.0459. The molecule has 2 heterocycles. The highest BCUT2D eigenvalue weighted by molar-refractivity contribution is 5.68. The van der Waals surface area contributed by atoms with Crippen LogP contribution < -0.4 is 0 Å². The van der Waals surface area contributed by atoms with Crippen molar-refractivity contribution in [2.75, 3.05) is 13.2 Å². The Hall–Kier alpha value is -2.34. The third-order valence-electron chi connectivity index (χ3n) is 7.24. The smallest absolute Gasteiger partial charge is 0.410 e. The fourth-order valence-corrected chi connectivity index (χ4v) is 5.16. The molecule has 1 N–H and O–H groups in total. The Morgan fingerprint density at radius 3 is 2.62 bits per heavy atom. The minimum Gasteiger partial charge on any atom is -0.446 e. The lowest BCUT2D eigenvalue weighted by Crippen LogP contribution is -2.51. The molecule has 2 fully saturated rings. The molecular formula is C26H37N3O3. The highest BCUT2D eigenvalue weighted by Gasteiger charge is 2.38. The fourth-order valence-electron chi connectivity index (χ4n) is 5.16. The summed E-state index contributed by atoms with van der Waals surface area (Å²) in [5.74, 6) is 0.796. The lowest BCUT2D eigenvalue weighted by Gasteiger charge is -2.41. The van der Waals surface area contributed by atoms with Crippen molar-refractivity contribution >= 4 is 6.09 Å². The monoisotopic (exact) mass is 439 g/mol. The number of hydrogen-bond donors (Lipinski definition) is 1. The van der Waals surface area contributed by atoms with Gasteiger partial charge in [0.25, 0.3) is 0 Å². The van der Waals surface area contributed by atoms with Crippen molar-refractivity contribution in [3.63, 3.8) is 0 Å². The minimum atomic E-state index is -0.221. The number of carbonyl (C=O) groups excluding carboxylic acids is 1. The largest absolute Gasteiger partial charge is 0.446 e. The Balaban J connectivity index is 1.39. The maximum atomic E-state index is 13.0. The second kappa shape index (κ2) is 11.0. The van der Waals surface area contributed by atoms with Gasteiger partial charge in [-0.3, -0.25) is 5.10 Å². The van der Waals surface area contributed by atoms with E-state index in [4.69, 9.17) is 9.47 Å². The van der Waals surface area contributed by atoms with Crippen LogP contribution in [0.1, 0.15) is 81.9 Å². The Morgan fingerprint density at radius 1 is 1.16 bits per heavy atom. The summed E-state index contributed by atoms with van der Waals surface area (Å²) in [4.78, 5) is 14.9. The van der Waals surface area contributed by atoms with Gasteiger partial charge in [0.1, 0.15) is 6.10 Å². The average molecular weight is 440 g/mol. The number of benzene rings is 1. The second-order valence-corrected chi connectivity index (χ2v) is 9.33. The van der Waals surface area contributed by atoms with Gasteiger partial charge in [0.2, 0.25) is 0 Å². The lowest BCUT2D eigenvalue weighted by molar-refractivity contribution is -0.0303. The standard InChI is InChI=1S/C26H37N3O3/c1-3-19(2)32-26(30)29-17-7-10-23(24-15-16-27-28-24)25(29)18-31-22-13-11-21(12-14-22)20-8-5-4-6-9-20/h4-6,8-9,15-16,19,21-23,25H,3,7,10-14,17-18H2,1-2H3,(H,27,28)/t19-,21-,22+,23+,25-/m0/s1. The molecule has 2 aromatic rings. The van der Waals surface area contributed by atoms with E-state index in [-0.39, 0.29) is 30.3 Å². The van der Waals surface area contributed by atoms with Crippen molar-refractivity contribution in [1.82, 2.24) is 15.1 Å². The summed E-state index contributed by atoms with van der Waals surface area (Å²) in [6.45, 7) is 5.23. The molecule has 174 valence electrons. The summed E-state index contributed by atoms with van der Waals surface area (Å²) >= 11 is 0. The van der Waals surface area contributed by atoms with Gasteiger partial charge in [-0.05, 0) is 69.4 Å². The number of aromatic nitrogens is 2. The lowest BCUT2D eigenvalue weighted by atomic mass is 9.82. The van der Waals surface area contributed by atoms with Gasteiger partial charge in [0, 0.05) is 18.7 Å². The van der Waals surface area contributed by atoms with Gasteiger partial charge in [0.05, 0.1) is 24.4 Å². The molecule has 1 aliphatic carbocycles. The van der Waals surface area contributed by atoms with Crippen LogP contribution in [-0.4, -0.2) is 52.6 Å². The van der Waals surface area contributed by atoms with E-state index in [0.717, 1.165) is 50.6 Å². The van der Waals surface area contributed by atoms with E-state index >= 15 is 0 Å². The summed E-state index contributed by atoms with van der Waals surface area (Å²) < 4.78 is 12.2.